The Balaban J connectivity index is 2.02. The van der Waals surface area contributed by atoms with E-state index in [1.807, 2.05) is 24.3 Å². The highest BCUT2D eigenvalue weighted by Crippen LogP contribution is 2.18. The molecule has 0 atom stereocenters. The summed E-state index contributed by atoms with van der Waals surface area (Å²) in [6.45, 7) is 7.82. The van der Waals surface area contributed by atoms with Gasteiger partial charge in [-0.3, -0.25) is 0 Å². The molecule has 0 aliphatic heterocycles. The van der Waals surface area contributed by atoms with E-state index in [4.69, 9.17) is 0 Å². The topological polar surface area (TPSA) is 49.8 Å². The molecule has 0 aliphatic rings. The maximum Gasteiger partial charge on any atom is 0.132 e. The van der Waals surface area contributed by atoms with Crippen molar-refractivity contribution >= 4 is 23.0 Å². The van der Waals surface area contributed by atoms with Crippen LogP contribution in [0.2, 0.25) is 0 Å². The lowest BCUT2D eigenvalue weighted by Crippen LogP contribution is -2.06. The molecule has 2 aromatic rings. The summed E-state index contributed by atoms with van der Waals surface area (Å²) in [6, 6.07) is 6.32. The minimum absolute atomic E-state index is 0.779. The van der Waals surface area contributed by atoms with E-state index in [0.29, 0.717) is 0 Å². The van der Waals surface area contributed by atoms with Crippen molar-refractivity contribution in [3.8, 4) is 0 Å². The number of nitrogens with one attached hydrogen (secondary N) is 2. The van der Waals surface area contributed by atoms with Crippen LogP contribution < -0.4 is 10.6 Å². The first-order valence-electron chi connectivity index (χ1n) is 6.62. The molecule has 0 spiro atoms. The second kappa shape index (κ2) is 6.52. The van der Waals surface area contributed by atoms with Crippen LogP contribution in [0.4, 0.5) is 11.6 Å². The third-order valence-electron chi connectivity index (χ3n) is 2.71. The van der Waals surface area contributed by atoms with Gasteiger partial charge in [0.2, 0.25) is 0 Å². The molecule has 0 radical (unpaired) electrons. The molecule has 0 saturated heterocycles. The fourth-order valence-electron chi connectivity index (χ4n) is 1.81. The molecule has 0 aromatic carbocycles. The van der Waals surface area contributed by atoms with E-state index in [0.717, 1.165) is 37.0 Å². The fourth-order valence-corrected chi connectivity index (χ4v) is 2.71. The number of thiophene rings is 1. The maximum atomic E-state index is 4.40. The molecule has 2 heterocycles. The van der Waals surface area contributed by atoms with Gasteiger partial charge in [0, 0.05) is 22.4 Å². The van der Waals surface area contributed by atoms with Crippen LogP contribution in [0.1, 0.15) is 29.4 Å². The summed E-state index contributed by atoms with van der Waals surface area (Å²) in [7, 11) is 0. The molecule has 0 amide bonds. The number of rotatable bonds is 6. The second-order valence-corrected chi connectivity index (χ2v) is 5.54. The van der Waals surface area contributed by atoms with Gasteiger partial charge in [0.05, 0.1) is 6.54 Å². The minimum atomic E-state index is 0.779. The highest BCUT2D eigenvalue weighted by Gasteiger charge is 2.02. The zero-order valence-corrected chi connectivity index (χ0v) is 12.5. The van der Waals surface area contributed by atoms with Crippen LogP contribution in [-0.2, 0) is 13.0 Å². The molecular formula is C14H20N4S. The van der Waals surface area contributed by atoms with Gasteiger partial charge in [-0.25, -0.2) is 9.97 Å². The van der Waals surface area contributed by atoms with Crippen molar-refractivity contribution < 1.29 is 0 Å². The van der Waals surface area contributed by atoms with Crippen LogP contribution in [0.25, 0.3) is 0 Å². The fraction of sp³-hybridized carbons (Fsp3) is 0.429. The van der Waals surface area contributed by atoms with E-state index < -0.39 is 0 Å². The second-order valence-electron chi connectivity index (χ2n) is 4.29. The van der Waals surface area contributed by atoms with Crippen molar-refractivity contribution in [2.75, 3.05) is 17.2 Å². The average Bonchev–Trinajstić information content (AvgIpc) is 2.84. The van der Waals surface area contributed by atoms with Crippen LogP contribution in [-0.4, -0.2) is 16.5 Å². The van der Waals surface area contributed by atoms with Gasteiger partial charge in [0.25, 0.3) is 0 Å². The van der Waals surface area contributed by atoms with Crippen LogP contribution in [0.5, 0.6) is 0 Å². The third-order valence-corrected chi connectivity index (χ3v) is 3.93. The van der Waals surface area contributed by atoms with Gasteiger partial charge in [-0.15, -0.1) is 11.3 Å². The van der Waals surface area contributed by atoms with Gasteiger partial charge >= 0.3 is 0 Å². The van der Waals surface area contributed by atoms with Gasteiger partial charge in [0.15, 0.2) is 0 Å². The number of nitrogens with zero attached hydrogens (tertiary/aromatic N) is 2. The molecule has 0 unspecified atom stereocenters. The molecule has 19 heavy (non-hydrogen) atoms. The molecular weight excluding hydrogens is 256 g/mol. The first-order valence-corrected chi connectivity index (χ1v) is 7.44. The molecule has 0 bridgehead atoms. The summed E-state index contributed by atoms with van der Waals surface area (Å²) in [5.74, 6) is 2.52. The normalized spacial score (nSPS) is 10.5. The van der Waals surface area contributed by atoms with Crippen LogP contribution >= 0.6 is 11.3 Å². The Bertz CT molecular complexity index is 536. The summed E-state index contributed by atoms with van der Waals surface area (Å²) in [5, 5.41) is 6.57. The van der Waals surface area contributed by atoms with E-state index in [-0.39, 0.29) is 0 Å². The Morgan fingerprint density at radius 1 is 1.05 bits per heavy atom. The minimum Gasteiger partial charge on any atom is -0.370 e. The first-order chi connectivity index (χ1) is 9.21. The van der Waals surface area contributed by atoms with Gasteiger partial charge in [-0.1, -0.05) is 6.92 Å². The van der Waals surface area contributed by atoms with Gasteiger partial charge < -0.3 is 10.6 Å². The Kier molecular flexibility index (Phi) is 4.74. The van der Waals surface area contributed by atoms with Crippen molar-refractivity contribution in [3.05, 3.63) is 33.8 Å². The van der Waals surface area contributed by atoms with Crippen molar-refractivity contribution in [3.63, 3.8) is 0 Å². The Labute approximate surface area is 118 Å². The summed E-state index contributed by atoms with van der Waals surface area (Å²) >= 11 is 1.85. The number of aryl methyl sites for hydroxylation is 2. The molecule has 2 aromatic heterocycles. The van der Waals surface area contributed by atoms with Gasteiger partial charge in [-0.2, -0.15) is 0 Å². The summed E-state index contributed by atoms with van der Waals surface area (Å²) < 4.78 is 0. The molecule has 5 heteroatoms. The standard InChI is InChI=1S/C14H20N4S/c1-4-11-6-7-12(19-11)9-16-14-8-13(15-5-2)17-10(3)18-14/h6-8H,4-5,9H2,1-3H3,(H2,15,16,17,18). The molecule has 2 N–H and O–H groups in total. The lowest BCUT2D eigenvalue weighted by atomic mass is 10.3. The third kappa shape index (κ3) is 3.92. The van der Waals surface area contributed by atoms with Crippen LogP contribution in [0, 0.1) is 6.92 Å². The average molecular weight is 276 g/mol. The quantitative estimate of drug-likeness (QED) is 0.848. The smallest absolute Gasteiger partial charge is 0.132 e. The molecule has 0 aliphatic carbocycles. The van der Waals surface area contributed by atoms with Crippen LogP contribution in [0.15, 0.2) is 18.2 Å². The van der Waals surface area contributed by atoms with E-state index in [2.05, 4.69) is 46.6 Å². The van der Waals surface area contributed by atoms with Crippen molar-refractivity contribution in [1.29, 1.82) is 0 Å². The van der Waals surface area contributed by atoms with Crippen molar-refractivity contribution in [2.45, 2.75) is 33.7 Å². The Morgan fingerprint density at radius 3 is 2.37 bits per heavy atom. The summed E-state index contributed by atoms with van der Waals surface area (Å²) in [6.07, 6.45) is 1.10. The Morgan fingerprint density at radius 2 is 1.74 bits per heavy atom. The highest BCUT2D eigenvalue weighted by molar-refractivity contribution is 7.12. The highest BCUT2D eigenvalue weighted by atomic mass is 32.1. The molecule has 2 rings (SSSR count). The number of hydrogen-bond acceptors (Lipinski definition) is 5. The number of hydrogen-bond donors (Lipinski definition) is 2. The lowest BCUT2D eigenvalue weighted by molar-refractivity contribution is 1.02. The van der Waals surface area contributed by atoms with Gasteiger partial charge in [0.1, 0.15) is 17.5 Å². The first kappa shape index (κ1) is 13.8. The lowest BCUT2D eigenvalue weighted by Gasteiger charge is -2.08. The predicted molar refractivity (Wildman–Crippen MR) is 82.0 cm³/mol. The molecule has 0 fully saturated rings. The number of aromatic nitrogens is 2. The van der Waals surface area contributed by atoms with E-state index in [9.17, 15) is 0 Å². The maximum absolute atomic E-state index is 4.40. The monoisotopic (exact) mass is 276 g/mol. The number of anilines is 2. The van der Waals surface area contributed by atoms with E-state index >= 15 is 0 Å². The van der Waals surface area contributed by atoms with Gasteiger partial charge in [-0.05, 0) is 32.4 Å². The Hall–Kier alpha value is -1.62. The molecule has 0 saturated carbocycles. The van der Waals surface area contributed by atoms with Crippen LogP contribution in [0.3, 0.4) is 0 Å². The zero-order chi connectivity index (χ0) is 13.7. The van der Waals surface area contributed by atoms with Crippen molar-refractivity contribution in [2.24, 2.45) is 0 Å². The van der Waals surface area contributed by atoms with Crippen molar-refractivity contribution in [1.82, 2.24) is 9.97 Å². The summed E-state index contributed by atoms with van der Waals surface area (Å²) in [4.78, 5) is 11.5. The molecule has 4 nitrogen and oxygen atoms in total. The SMILES string of the molecule is CCNc1cc(NCc2ccc(CC)s2)nc(C)n1. The predicted octanol–water partition coefficient (Wildman–Crippen LogP) is 3.45. The molecule has 102 valence electrons. The summed E-state index contributed by atoms with van der Waals surface area (Å²) in [5.41, 5.74) is 0. The van der Waals surface area contributed by atoms with E-state index in [1.54, 1.807) is 0 Å². The zero-order valence-electron chi connectivity index (χ0n) is 11.7. The largest absolute Gasteiger partial charge is 0.370 e. The van der Waals surface area contributed by atoms with E-state index in [1.165, 1.54) is 9.75 Å².